The molecule has 0 bridgehead atoms. The van der Waals surface area contributed by atoms with Crippen molar-refractivity contribution in [2.24, 2.45) is 0 Å². The smallest absolute Gasteiger partial charge is 0.310 e. The van der Waals surface area contributed by atoms with Gasteiger partial charge in [0.25, 0.3) is 0 Å². The molecule has 0 unspecified atom stereocenters. The van der Waals surface area contributed by atoms with Gasteiger partial charge in [0.15, 0.2) is 0 Å². The van der Waals surface area contributed by atoms with Crippen LogP contribution < -0.4 is 5.69 Å². The van der Waals surface area contributed by atoms with Gasteiger partial charge in [0.05, 0.1) is 11.3 Å². The Balaban J connectivity index is 2.66. The van der Waals surface area contributed by atoms with Crippen molar-refractivity contribution < 1.29 is 13.2 Å². The second-order valence-corrected chi connectivity index (χ2v) is 4.72. The molecule has 0 saturated carbocycles. The summed E-state index contributed by atoms with van der Waals surface area (Å²) in [4.78, 5) is 17.7. The summed E-state index contributed by atoms with van der Waals surface area (Å²) in [5.41, 5.74) is -0.952. The summed E-state index contributed by atoms with van der Waals surface area (Å²) in [5.74, 6) is -0.0116. The largest absolute Gasteiger partial charge is 0.417 e. The van der Waals surface area contributed by atoms with Gasteiger partial charge in [0, 0.05) is 11.3 Å². The molecule has 0 radical (unpaired) electrons. The molecule has 6 heteroatoms. The van der Waals surface area contributed by atoms with Gasteiger partial charge in [-0.2, -0.15) is 18.2 Å². The van der Waals surface area contributed by atoms with Crippen molar-refractivity contribution in [2.75, 3.05) is 0 Å². The van der Waals surface area contributed by atoms with Crippen LogP contribution in [-0.4, -0.2) is 9.97 Å². The molecule has 2 aromatic rings. The second kappa shape index (κ2) is 5.11. The fraction of sp³-hybridized carbons (Fsp3) is 0.286. The van der Waals surface area contributed by atoms with Crippen molar-refractivity contribution in [1.82, 2.24) is 9.97 Å². The van der Waals surface area contributed by atoms with E-state index in [1.807, 2.05) is 13.8 Å². The number of alkyl halides is 3. The van der Waals surface area contributed by atoms with Crippen molar-refractivity contribution in [2.45, 2.75) is 25.9 Å². The lowest BCUT2D eigenvalue weighted by molar-refractivity contribution is -0.137. The third-order valence-electron chi connectivity index (χ3n) is 2.90. The SMILES string of the molecule is CC(C)c1cc(-c2ccccc2C(F)(F)F)nc(=O)[nH]1. The third kappa shape index (κ3) is 2.89. The Morgan fingerprint density at radius 3 is 2.45 bits per heavy atom. The molecule has 0 fully saturated rings. The summed E-state index contributed by atoms with van der Waals surface area (Å²) in [7, 11) is 0. The van der Waals surface area contributed by atoms with Crippen LogP contribution in [0.15, 0.2) is 35.1 Å². The van der Waals surface area contributed by atoms with E-state index in [0.717, 1.165) is 6.07 Å². The Kier molecular flexibility index (Phi) is 3.65. The molecule has 1 N–H and O–H groups in total. The maximum Gasteiger partial charge on any atom is 0.417 e. The first-order valence-electron chi connectivity index (χ1n) is 6.07. The van der Waals surface area contributed by atoms with E-state index in [0.29, 0.717) is 5.69 Å². The quantitative estimate of drug-likeness (QED) is 0.915. The van der Waals surface area contributed by atoms with Gasteiger partial charge in [-0.15, -0.1) is 0 Å². The number of halogens is 3. The zero-order valence-corrected chi connectivity index (χ0v) is 11.0. The molecule has 0 aliphatic rings. The molecule has 20 heavy (non-hydrogen) atoms. The molecule has 106 valence electrons. The predicted molar refractivity (Wildman–Crippen MR) is 69.4 cm³/mol. The molecule has 1 heterocycles. The van der Waals surface area contributed by atoms with Crippen LogP contribution in [0.2, 0.25) is 0 Å². The number of nitrogens with zero attached hydrogens (tertiary/aromatic N) is 1. The fourth-order valence-corrected chi connectivity index (χ4v) is 1.88. The Hall–Kier alpha value is -2.11. The summed E-state index contributed by atoms with van der Waals surface area (Å²) < 4.78 is 38.9. The van der Waals surface area contributed by atoms with Crippen LogP contribution in [0.3, 0.4) is 0 Å². The zero-order valence-electron chi connectivity index (χ0n) is 11.0. The molecule has 1 aromatic carbocycles. The highest BCUT2D eigenvalue weighted by molar-refractivity contribution is 5.64. The minimum atomic E-state index is -4.49. The molecule has 0 spiro atoms. The molecule has 1 aromatic heterocycles. The number of rotatable bonds is 2. The molecule has 2 rings (SSSR count). The summed E-state index contributed by atoms with van der Waals surface area (Å²) in [6.45, 7) is 3.68. The Morgan fingerprint density at radius 2 is 1.85 bits per heavy atom. The Labute approximate surface area is 113 Å². The first-order chi connectivity index (χ1) is 9.29. The second-order valence-electron chi connectivity index (χ2n) is 4.72. The molecule has 0 saturated heterocycles. The monoisotopic (exact) mass is 282 g/mol. The standard InChI is InChI=1S/C14H13F3N2O/c1-8(2)11-7-12(19-13(20)18-11)9-5-3-4-6-10(9)14(15,16)17/h3-8H,1-2H3,(H,18,19,20). The minimum Gasteiger partial charge on any atom is -0.310 e. The van der Waals surface area contributed by atoms with Gasteiger partial charge in [-0.05, 0) is 18.1 Å². The van der Waals surface area contributed by atoms with E-state index in [4.69, 9.17) is 0 Å². The van der Waals surface area contributed by atoms with Gasteiger partial charge < -0.3 is 4.98 Å². The number of benzene rings is 1. The van der Waals surface area contributed by atoms with E-state index >= 15 is 0 Å². The topological polar surface area (TPSA) is 45.8 Å². The number of aromatic nitrogens is 2. The number of nitrogens with one attached hydrogen (secondary N) is 1. The van der Waals surface area contributed by atoms with Crippen LogP contribution in [0.4, 0.5) is 13.2 Å². The predicted octanol–water partition coefficient (Wildman–Crippen LogP) is 3.58. The average Bonchev–Trinajstić information content (AvgIpc) is 2.37. The third-order valence-corrected chi connectivity index (χ3v) is 2.90. The molecular formula is C14H13F3N2O. The minimum absolute atomic E-state index is 0.0116. The molecule has 3 nitrogen and oxygen atoms in total. The van der Waals surface area contributed by atoms with Gasteiger partial charge in [-0.25, -0.2) is 4.79 Å². The van der Waals surface area contributed by atoms with Crippen LogP contribution in [0.1, 0.15) is 31.0 Å². The number of aromatic amines is 1. The molecule has 0 aliphatic carbocycles. The van der Waals surface area contributed by atoms with Crippen molar-refractivity contribution >= 4 is 0 Å². The van der Waals surface area contributed by atoms with Crippen molar-refractivity contribution in [3.63, 3.8) is 0 Å². The lowest BCUT2D eigenvalue weighted by Gasteiger charge is -2.13. The maximum absolute atomic E-state index is 13.0. The summed E-state index contributed by atoms with van der Waals surface area (Å²) in [6, 6.07) is 6.57. The number of hydrogen-bond acceptors (Lipinski definition) is 2. The molecular weight excluding hydrogens is 269 g/mol. The Bertz CT molecular complexity index is 675. The highest BCUT2D eigenvalue weighted by Crippen LogP contribution is 2.36. The number of hydrogen-bond donors (Lipinski definition) is 1. The van der Waals surface area contributed by atoms with Gasteiger partial charge in [0.1, 0.15) is 0 Å². The molecule has 0 aliphatic heterocycles. The first kappa shape index (κ1) is 14.3. The lowest BCUT2D eigenvalue weighted by Crippen LogP contribution is -2.16. The van der Waals surface area contributed by atoms with Gasteiger partial charge in [-0.1, -0.05) is 32.0 Å². The van der Waals surface area contributed by atoms with Crippen LogP contribution in [0.25, 0.3) is 11.3 Å². The van der Waals surface area contributed by atoms with Crippen molar-refractivity contribution in [1.29, 1.82) is 0 Å². The van der Waals surface area contributed by atoms with Gasteiger partial charge >= 0.3 is 11.9 Å². The van der Waals surface area contributed by atoms with E-state index in [9.17, 15) is 18.0 Å². The highest BCUT2D eigenvalue weighted by Gasteiger charge is 2.33. The van der Waals surface area contributed by atoms with E-state index in [1.54, 1.807) is 0 Å². The maximum atomic E-state index is 13.0. The van der Waals surface area contributed by atoms with Crippen LogP contribution >= 0.6 is 0 Å². The van der Waals surface area contributed by atoms with E-state index in [-0.39, 0.29) is 17.2 Å². The highest BCUT2D eigenvalue weighted by atomic mass is 19.4. The summed E-state index contributed by atoms with van der Waals surface area (Å²) in [6.07, 6.45) is -4.49. The lowest BCUT2D eigenvalue weighted by atomic mass is 10.0. The van der Waals surface area contributed by atoms with Gasteiger partial charge in [0.2, 0.25) is 0 Å². The average molecular weight is 282 g/mol. The Morgan fingerprint density at radius 1 is 1.20 bits per heavy atom. The fourth-order valence-electron chi connectivity index (χ4n) is 1.88. The molecule has 0 atom stereocenters. The van der Waals surface area contributed by atoms with Crippen LogP contribution in [0, 0.1) is 0 Å². The molecule has 0 amide bonds. The normalized spacial score (nSPS) is 11.9. The van der Waals surface area contributed by atoms with E-state index < -0.39 is 17.4 Å². The van der Waals surface area contributed by atoms with Crippen molar-refractivity contribution in [3.8, 4) is 11.3 Å². The van der Waals surface area contributed by atoms with E-state index in [1.165, 1.54) is 24.3 Å². The van der Waals surface area contributed by atoms with Crippen molar-refractivity contribution in [3.05, 3.63) is 52.1 Å². The first-order valence-corrected chi connectivity index (χ1v) is 6.07. The van der Waals surface area contributed by atoms with Gasteiger partial charge in [-0.3, -0.25) is 0 Å². The van der Waals surface area contributed by atoms with Crippen LogP contribution in [-0.2, 0) is 6.18 Å². The van der Waals surface area contributed by atoms with Crippen LogP contribution in [0.5, 0.6) is 0 Å². The number of H-pyrrole nitrogens is 1. The zero-order chi connectivity index (χ0) is 14.9. The summed E-state index contributed by atoms with van der Waals surface area (Å²) in [5, 5.41) is 0. The summed E-state index contributed by atoms with van der Waals surface area (Å²) >= 11 is 0. The van der Waals surface area contributed by atoms with E-state index in [2.05, 4.69) is 9.97 Å².